The van der Waals surface area contributed by atoms with Crippen molar-refractivity contribution >= 4 is 0 Å². The van der Waals surface area contributed by atoms with Gasteiger partial charge in [-0.15, -0.1) is 0 Å². The molecule has 0 saturated carbocycles. The molecule has 0 spiro atoms. The highest BCUT2D eigenvalue weighted by Gasteiger charge is 2.28. The maximum Gasteiger partial charge on any atom is 0.165 e. The maximum atomic E-state index is 13.8. The largest absolute Gasteiger partial charge is 0.494 e. The van der Waals surface area contributed by atoms with E-state index >= 15 is 0 Å². The highest BCUT2D eigenvalue weighted by Crippen LogP contribution is 2.22. The van der Waals surface area contributed by atoms with Crippen LogP contribution in [0.5, 0.6) is 5.75 Å². The molecule has 3 nitrogen and oxygen atoms in total. The molecule has 1 saturated heterocycles. The number of benzene rings is 1. The molecule has 1 aromatic rings. The Balaban J connectivity index is 2.09. The van der Waals surface area contributed by atoms with Crippen LogP contribution in [0.1, 0.15) is 32.8 Å². The molecule has 1 heterocycles. The molecule has 1 aliphatic rings. The quantitative estimate of drug-likeness (QED) is 0.903. The van der Waals surface area contributed by atoms with E-state index in [9.17, 15) is 4.39 Å². The fourth-order valence-corrected chi connectivity index (χ4v) is 2.97. The molecule has 1 aromatic carbocycles. The van der Waals surface area contributed by atoms with Gasteiger partial charge in [-0.1, -0.05) is 26.8 Å². The molecule has 0 aromatic heterocycles. The lowest BCUT2D eigenvalue weighted by Gasteiger charge is -2.41. The average molecular weight is 294 g/mol. The summed E-state index contributed by atoms with van der Waals surface area (Å²) in [6.45, 7) is 9.53. The predicted molar refractivity (Wildman–Crippen MR) is 84.1 cm³/mol. The van der Waals surface area contributed by atoms with E-state index in [0.29, 0.717) is 23.8 Å². The Morgan fingerprint density at radius 1 is 1.43 bits per heavy atom. The minimum Gasteiger partial charge on any atom is -0.494 e. The molecule has 1 aliphatic heterocycles. The Kier molecular flexibility index (Phi) is 5.59. The number of piperazine rings is 1. The van der Waals surface area contributed by atoms with Gasteiger partial charge in [-0.3, -0.25) is 4.90 Å². The molecular weight excluding hydrogens is 267 g/mol. The number of methoxy groups -OCH3 is 1. The number of ether oxygens (including phenoxy) is 1. The Morgan fingerprint density at radius 2 is 2.19 bits per heavy atom. The van der Waals surface area contributed by atoms with Crippen LogP contribution in [-0.4, -0.2) is 37.2 Å². The first-order chi connectivity index (χ1) is 10.0. The van der Waals surface area contributed by atoms with E-state index in [1.807, 2.05) is 6.07 Å². The number of nitrogens with one attached hydrogen (secondary N) is 1. The molecular formula is C17H27FN2O. The van der Waals surface area contributed by atoms with Crippen molar-refractivity contribution < 1.29 is 9.13 Å². The van der Waals surface area contributed by atoms with Crippen LogP contribution in [-0.2, 0) is 6.54 Å². The summed E-state index contributed by atoms with van der Waals surface area (Å²) >= 11 is 0. The van der Waals surface area contributed by atoms with Crippen molar-refractivity contribution in [1.29, 1.82) is 0 Å². The fourth-order valence-electron chi connectivity index (χ4n) is 2.97. The van der Waals surface area contributed by atoms with Gasteiger partial charge < -0.3 is 10.1 Å². The molecule has 1 N–H and O–H groups in total. The van der Waals surface area contributed by atoms with Crippen molar-refractivity contribution in [3.63, 3.8) is 0 Å². The zero-order valence-electron chi connectivity index (χ0n) is 13.5. The Hall–Kier alpha value is -1.13. The van der Waals surface area contributed by atoms with Crippen molar-refractivity contribution in [3.8, 4) is 5.75 Å². The number of rotatable bonds is 5. The summed E-state index contributed by atoms with van der Waals surface area (Å²) in [6.07, 6.45) is 1.11. The molecule has 0 radical (unpaired) electrons. The van der Waals surface area contributed by atoms with Gasteiger partial charge in [0.15, 0.2) is 11.6 Å². The van der Waals surface area contributed by atoms with Crippen molar-refractivity contribution in [2.45, 2.75) is 45.8 Å². The van der Waals surface area contributed by atoms with Crippen LogP contribution in [0.25, 0.3) is 0 Å². The third-order valence-corrected chi connectivity index (χ3v) is 4.44. The normalized spacial score (nSPS) is 23.5. The van der Waals surface area contributed by atoms with Crippen molar-refractivity contribution in [2.75, 3.05) is 20.2 Å². The first kappa shape index (κ1) is 16.2. The maximum absolute atomic E-state index is 13.8. The summed E-state index contributed by atoms with van der Waals surface area (Å²) in [7, 11) is 1.49. The molecule has 21 heavy (non-hydrogen) atoms. The van der Waals surface area contributed by atoms with E-state index < -0.39 is 0 Å². The van der Waals surface area contributed by atoms with Crippen LogP contribution >= 0.6 is 0 Å². The summed E-state index contributed by atoms with van der Waals surface area (Å²) in [5.74, 6) is 0.641. The molecule has 4 heteroatoms. The summed E-state index contributed by atoms with van der Waals surface area (Å²) < 4.78 is 18.8. The molecule has 0 bridgehead atoms. The zero-order valence-corrected chi connectivity index (χ0v) is 13.5. The molecule has 118 valence electrons. The van der Waals surface area contributed by atoms with Gasteiger partial charge in [-0.2, -0.15) is 0 Å². The average Bonchev–Trinajstić information content (AvgIpc) is 2.47. The standard InChI is InChI=1S/C17H27FN2O/c1-5-14-9-19-16(12(2)3)11-20(14)10-13-6-7-17(21-4)15(18)8-13/h6-8,12,14,16,19H,5,9-11H2,1-4H3. The Labute approximate surface area is 127 Å². The van der Waals surface area contributed by atoms with Gasteiger partial charge in [0.2, 0.25) is 0 Å². The second kappa shape index (κ2) is 7.23. The van der Waals surface area contributed by atoms with Crippen LogP contribution in [0, 0.1) is 11.7 Å². The molecule has 0 aliphatic carbocycles. The van der Waals surface area contributed by atoms with Crippen LogP contribution in [0.2, 0.25) is 0 Å². The Bertz CT molecular complexity index is 464. The lowest BCUT2D eigenvalue weighted by atomic mass is 9.98. The number of hydrogen-bond donors (Lipinski definition) is 1. The first-order valence-corrected chi connectivity index (χ1v) is 7.85. The SMILES string of the molecule is CCC1CNC(C(C)C)CN1Cc1ccc(OC)c(F)c1. The van der Waals surface area contributed by atoms with E-state index in [4.69, 9.17) is 4.74 Å². The third kappa shape index (κ3) is 3.95. The zero-order chi connectivity index (χ0) is 15.4. The van der Waals surface area contributed by atoms with Crippen molar-refractivity contribution in [3.05, 3.63) is 29.6 Å². The van der Waals surface area contributed by atoms with Gasteiger partial charge in [-0.25, -0.2) is 4.39 Å². The summed E-state index contributed by atoms with van der Waals surface area (Å²) in [5, 5.41) is 3.63. The van der Waals surface area contributed by atoms with Crippen LogP contribution in [0.3, 0.4) is 0 Å². The number of hydrogen-bond acceptors (Lipinski definition) is 3. The molecule has 2 rings (SSSR count). The van der Waals surface area contributed by atoms with Gasteiger partial charge in [0.1, 0.15) is 0 Å². The van der Waals surface area contributed by atoms with Gasteiger partial charge >= 0.3 is 0 Å². The van der Waals surface area contributed by atoms with E-state index in [1.54, 1.807) is 12.1 Å². The summed E-state index contributed by atoms with van der Waals surface area (Å²) in [6, 6.07) is 6.30. The lowest BCUT2D eigenvalue weighted by Crippen LogP contribution is -2.57. The minimum atomic E-state index is -0.279. The molecule has 0 amide bonds. The summed E-state index contributed by atoms with van der Waals surface area (Å²) in [4.78, 5) is 2.47. The monoisotopic (exact) mass is 294 g/mol. The van der Waals surface area contributed by atoms with E-state index in [0.717, 1.165) is 31.6 Å². The minimum absolute atomic E-state index is 0.279. The van der Waals surface area contributed by atoms with Crippen molar-refractivity contribution in [2.24, 2.45) is 5.92 Å². The summed E-state index contributed by atoms with van der Waals surface area (Å²) in [5.41, 5.74) is 1.01. The highest BCUT2D eigenvalue weighted by atomic mass is 19.1. The Morgan fingerprint density at radius 3 is 2.76 bits per heavy atom. The topological polar surface area (TPSA) is 24.5 Å². The second-order valence-corrected chi connectivity index (χ2v) is 6.22. The van der Waals surface area contributed by atoms with Crippen molar-refractivity contribution in [1.82, 2.24) is 10.2 Å². The van der Waals surface area contributed by atoms with Gasteiger partial charge in [0.05, 0.1) is 7.11 Å². The van der Waals surface area contributed by atoms with Crippen LogP contribution < -0.4 is 10.1 Å². The number of nitrogens with zero attached hydrogens (tertiary/aromatic N) is 1. The second-order valence-electron chi connectivity index (χ2n) is 6.22. The molecule has 1 fully saturated rings. The molecule has 2 unspecified atom stereocenters. The van der Waals surface area contributed by atoms with E-state index in [-0.39, 0.29) is 5.82 Å². The van der Waals surface area contributed by atoms with Gasteiger partial charge in [0, 0.05) is 31.7 Å². The lowest BCUT2D eigenvalue weighted by molar-refractivity contribution is 0.103. The third-order valence-electron chi connectivity index (χ3n) is 4.44. The van der Waals surface area contributed by atoms with E-state index in [1.165, 1.54) is 7.11 Å². The number of halogens is 1. The smallest absolute Gasteiger partial charge is 0.165 e. The fraction of sp³-hybridized carbons (Fsp3) is 0.647. The van der Waals surface area contributed by atoms with Gasteiger partial charge in [0.25, 0.3) is 0 Å². The van der Waals surface area contributed by atoms with Gasteiger partial charge in [-0.05, 0) is 30.0 Å². The van der Waals surface area contributed by atoms with Crippen LogP contribution in [0.4, 0.5) is 4.39 Å². The van der Waals surface area contributed by atoms with E-state index in [2.05, 4.69) is 31.0 Å². The first-order valence-electron chi connectivity index (χ1n) is 7.85. The predicted octanol–water partition coefficient (Wildman–Crippen LogP) is 3.04. The highest BCUT2D eigenvalue weighted by molar-refractivity contribution is 5.29. The van der Waals surface area contributed by atoms with Crippen LogP contribution in [0.15, 0.2) is 18.2 Å². The molecule has 2 atom stereocenters.